The summed E-state index contributed by atoms with van der Waals surface area (Å²) in [6.07, 6.45) is 0. The van der Waals surface area contributed by atoms with Gasteiger partial charge in [-0.05, 0) is 50.2 Å². The van der Waals surface area contributed by atoms with E-state index in [0.29, 0.717) is 17.0 Å². The van der Waals surface area contributed by atoms with Crippen molar-refractivity contribution in [3.05, 3.63) is 126 Å². The molecule has 176 valence electrons. The fourth-order valence-corrected chi connectivity index (χ4v) is 3.98. The van der Waals surface area contributed by atoms with E-state index in [2.05, 4.69) is 14.9 Å². The molecule has 35 heavy (non-hydrogen) atoms. The first-order valence-electron chi connectivity index (χ1n) is 11.0. The van der Waals surface area contributed by atoms with Crippen LogP contribution in [0.1, 0.15) is 16.7 Å². The van der Waals surface area contributed by atoms with Crippen molar-refractivity contribution >= 4 is 27.3 Å². The smallest absolute Gasteiger partial charge is 0.276 e. The zero-order chi connectivity index (χ0) is 24.7. The second kappa shape index (κ2) is 10.8. The molecule has 6 nitrogen and oxygen atoms in total. The number of para-hydroxylation sites is 2. The normalized spacial score (nSPS) is 12.3. The number of hydrogen-bond donors (Lipinski definition) is 1. The highest BCUT2D eigenvalue weighted by Gasteiger charge is 2.19. The molecule has 4 aromatic rings. The lowest BCUT2D eigenvalue weighted by molar-refractivity contribution is 0.560. The van der Waals surface area contributed by atoms with Crippen molar-refractivity contribution in [1.82, 2.24) is 4.83 Å². The summed E-state index contributed by atoms with van der Waals surface area (Å²) in [6.45, 7) is 3.87. The Hall–Kier alpha value is -4.23. The van der Waals surface area contributed by atoms with Gasteiger partial charge in [0.25, 0.3) is 10.0 Å². The van der Waals surface area contributed by atoms with E-state index in [4.69, 9.17) is 4.74 Å². The van der Waals surface area contributed by atoms with E-state index in [-0.39, 0.29) is 16.5 Å². The number of nitrogens with one attached hydrogen (secondary N) is 1. The number of aliphatic imine (C=N–C) groups is 1. The van der Waals surface area contributed by atoms with E-state index in [1.165, 1.54) is 12.1 Å². The molecule has 0 aliphatic heterocycles. The number of hydrazone groups is 1. The molecule has 0 spiro atoms. The maximum absolute atomic E-state index is 13.0. The summed E-state index contributed by atoms with van der Waals surface area (Å²) < 4.78 is 32.1. The van der Waals surface area contributed by atoms with Gasteiger partial charge in [-0.15, -0.1) is 0 Å². The van der Waals surface area contributed by atoms with Gasteiger partial charge >= 0.3 is 0 Å². The van der Waals surface area contributed by atoms with Gasteiger partial charge in [-0.2, -0.15) is 18.4 Å². The van der Waals surface area contributed by atoms with E-state index >= 15 is 0 Å². The lowest BCUT2D eigenvalue weighted by Crippen LogP contribution is -2.27. The Morgan fingerprint density at radius 1 is 0.714 bits per heavy atom. The first-order valence-corrected chi connectivity index (χ1v) is 12.5. The Labute approximate surface area is 205 Å². The van der Waals surface area contributed by atoms with Crippen LogP contribution in [0.2, 0.25) is 0 Å². The molecule has 1 N–H and O–H groups in total. The lowest BCUT2D eigenvalue weighted by Gasteiger charge is -2.13. The predicted octanol–water partition coefficient (Wildman–Crippen LogP) is 5.80. The maximum atomic E-state index is 13.0. The van der Waals surface area contributed by atoms with Gasteiger partial charge < -0.3 is 4.74 Å². The molecule has 0 saturated carbocycles. The fraction of sp³-hybridized carbons (Fsp3) is 0.0714. The van der Waals surface area contributed by atoms with Crippen LogP contribution in [0.3, 0.4) is 0 Å². The van der Waals surface area contributed by atoms with Crippen LogP contribution in [0, 0.1) is 13.8 Å². The van der Waals surface area contributed by atoms with Crippen molar-refractivity contribution in [2.75, 3.05) is 0 Å². The number of rotatable bonds is 7. The molecule has 4 aromatic carbocycles. The molecule has 4 rings (SSSR count). The van der Waals surface area contributed by atoms with Crippen LogP contribution in [0.15, 0.2) is 124 Å². The fourth-order valence-electron chi connectivity index (χ4n) is 3.17. The third-order valence-corrected chi connectivity index (χ3v) is 6.31. The van der Waals surface area contributed by atoms with Gasteiger partial charge in [-0.3, -0.25) is 0 Å². The highest BCUT2D eigenvalue weighted by molar-refractivity contribution is 7.89. The van der Waals surface area contributed by atoms with Crippen molar-refractivity contribution < 1.29 is 13.2 Å². The molecular weight excluding hydrogens is 458 g/mol. The van der Waals surface area contributed by atoms with E-state index < -0.39 is 10.0 Å². The number of ether oxygens (including phenoxy) is 1. The van der Waals surface area contributed by atoms with Gasteiger partial charge in [0, 0.05) is 5.56 Å². The van der Waals surface area contributed by atoms with Crippen LogP contribution in [0.5, 0.6) is 5.75 Å². The summed E-state index contributed by atoms with van der Waals surface area (Å²) in [6, 6.07) is 32.5. The number of sulfonamides is 1. The monoisotopic (exact) mass is 483 g/mol. The lowest BCUT2D eigenvalue weighted by atomic mass is 10.1. The van der Waals surface area contributed by atoms with Crippen molar-refractivity contribution in [3.63, 3.8) is 0 Å². The molecular formula is C28H25N3O3S. The SMILES string of the molecule is Cc1ccc(/C(=N/NS(=O)(=O)c2ccc(C)cc2)C(=Nc2ccccc2)Oc2ccccc2)cc1. The molecule has 0 aliphatic rings. The van der Waals surface area contributed by atoms with Crippen molar-refractivity contribution in [2.24, 2.45) is 10.1 Å². The Morgan fingerprint density at radius 2 is 1.26 bits per heavy atom. The highest BCUT2D eigenvalue weighted by Crippen LogP contribution is 2.18. The summed E-state index contributed by atoms with van der Waals surface area (Å²) >= 11 is 0. The van der Waals surface area contributed by atoms with Crippen LogP contribution < -0.4 is 9.57 Å². The van der Waals surface area contributed by atoms with Gasteiger partial charge in [-0.1, -0.05) is 83.9 Å². The zero-order valence-corrected chi connectivity index (χ0v) is 20.2. The van der Waals surface area contributed by atoms with Crippen molar-refractivity contribution in [3.8, 4) is 5.75 Å². The second-order valence-corrected chi connectivity index (χ2v) is 9.56. The first-order chi connectivity index (χ1) is 16.9. The van der Waals surface area contributed by atoms with Gasteiger partial charge in [0.05, 0.1) is 10.6 Å². The number of hydrogen-bond acceptors (Lipinski definition) is 5. The van der Waals surface area contributed by atoms with Gasteiger partial charge in [-0.25, -0.2) is 4.99 Å². The summed E-state index contributed by atoms with van der Waals surface area (Å²) in [7, 11) is -3.92. The molecule has 0 bridgehead atoms. The quantitative estimate of drug-likeness (QED) is 0.205. The minimum absolute atomic E-state index is 0.112. The Bertz CT molecular complexity index is 1430. The summed E-state index contributed by atoms with van der Waals surface area (Å²) in [5.41, 5.74) is 3.54. The maximum Gasteiger partial charge on any atom is 0.276 e. The van der Waals surface area contributed by atoms with Crippen LogP contribution in [0.25, 0.3) is 0 Å². The van der Waals surface area contributed by atoms with Gasteiger partial charge in [0.1, 0.15) is 5.75 Å². The Morgan fingerprint density at radius 3 is 1.86 bits per heavy atom. The minimum atomic E-state index is -3.92. The summed E-state index contributed by atoms with van der Waals surface area (Å²) in [4.78, 5) is 7.14. The molecule has 0 amide bonds. The van der Waals surface area contributed by atoms with E-state index in [9.17, 15) is 8.42 Å². The molecule has 0 aliphatic carbocycles. The van der Waals surface area contributed by atoms with Crippen LogP contribution in [0.4, 0.5) is 5.69 Å². The average molecular weight is 484 g/mol. The number of aryl methyl sites for hydroxylation is 2. The van der Waals surface area contributed by atoms with E-state index in [1.807, 2.05) is 86.6 Å². The highest BCUT2D eigenvalue weighted by atomic mass is 32.2. The topological polar surface area (TPSA) is 80.1 Å². The Balaban J connectivity index is 1.81. The molecule has 0 heterocycles. The molecule has 7 heteroatoms. The van der Waals surface area contributed by atoms with Crippen molar-refractivity contribution in [1.29, 1.82) is 0 Å². The van der Waals surface area contributed by atoms with E-state index in [1.54, 1.807) is 24.3 Å². The third kappa shape index (κ3) is 6.43. The van der Waals surface area contributed by atoms with Crippen LogP contribution in [-0.4, -0.2) is 20.0 Å². The van der Waals surface area contributed by atoms with Crippen LogP contribution >= 0.6 is 0 Å². The summed E-state index contributed by atoms with van der Waals surface area (Å²) in [5.74, 6) is 0.696. The zero-order valence-electron chi connectivity index (χ0n) is 19.4. The predicted molar refractivity (Wildman–Crippen MR) is 140 cm³/mol. The average Bonchev–Trinajstić information content (AvgIpc) is 2.86. The van der Waals surface area contributed by atoms with E-state index in [0.717, 1.165) is 11.1 Å². The van der Waals surface area contributed by atoms with Gasteiger partial charge in [0.2, 0.25) is 5.90 Å². The van der Waals surface area contributed by atoms with Gasteiger partial charge in [0.15, 0.2) is 5.71 Å². The van der Waals surface area contributed by atoms with Crippen LogP contribution in [-0.2, 0) is 10.0 Å². The Kier molecular flexibility index (Phi) is 7.38. The molecule has 0 aromatic heterocycles. The molecule has 0 fully saturated rings. The molecule has 0 saturated heterocycles. The molecule has 0 atom stereocenters. The summed E-state index contributed by atoms with van der Waals surface area (Å²) in [5, 5.41) is 4.31. The van der Waals surface area contributed by atoms with Crippen molar-refractivity contribution in [2.45, 2.75) is 18.7 Å². The standard InChI is InChI=1S/C28H25N3O3S/c1-21-13-17-23(18-14-21)27(30-31-35(32,33)26-19-15-22(2)16-20-26)28(29-24-9-5-3-6-10-24)34-25-11-7-4-8-12-25/h3-20,31H,1-2H3/b29-28?,30-27-. The first kappa shape index (κ1) is 23.9. The third-order valence-electron chi connectivity index (χ3n) is 5.08. The number of nitrogens with zero attached hydrogens (tertiary/aromatic N) is 2. The molecule has 0 unspecified atom stereocenters. The minimum Gasteiger partial charge on any atom is -0.437 e. The number of benzene rings is 4. The largest absolute Gasteiger partial charge is 0.437 e. The molecule has 0 radical (unpaired) electrons. The second-order valence-electron chi connectivity index (χ2n) is 7.90.